The quantitative estimate of drug-likeness (QED) is 0.177. The molecule has 6 aromatic carbocycles. The van der Waals surface area contributed by atoms with Crippen LogP contribution in [-0.2, 0) is 0 Å². The zero-order chi connectivity index (χ0) is 24.9. The first kappa shape index (κ1) is 21.8. The number of benzene rings is 6. The smallest absolute Gasteiger partial charge is 0.230 e. The van der Waals surface area contributed by atoms with E-state index in [2.05, 4.69) is 151 Å². The number of aromatic nitrogens is 2. The molecule has 178 valence electrons. The van der Waals surface area contributed by atoms with E-state index in [1.807, 2.05) is 0 Å². The number of hydrogen-bond donors (Lipinski definition) is 0. The third-order valence-corrected chi connectivity index (χ3v) is 8.03. The molecule has 0 aliphatic carbocycles. The summed E-state index contributed by atoms with van der Waals surface area (Å²) in [6.45, 7) is 4.59. The van der Waals surface area contributed by atoms with Crippen molar-refractivity contribution in [1.82, 2.24) is 4.57 Å². The molecule has 0 saturated heterocycles. The van der Waals surface area contributed by atoms with Crippen molar-refractivity contribution in [2.75, 3.05) is 0 Å². The zero-order valence-corrected chi connectivity index (χ0v) is 21.2. The van der Waals surface area contributed by atoms with Crippen LogP contribution in [0.3, 0.4) is 0 Å². The molecule has 1 heterocycles. The van der Waals surface area contributed by atoms with Gasteiger partial charge >= 0.3 is 0 Å². The molecule has 2 atom stereocenters. The minimum absolute atomic E-state index is 0.217. The van der Waals surface area contributed by atoms with E-state index in [9.17, 15) is 0 Å². The summed E-state index contributed by atoms with van der Waals surface area (Å²) in [7, 11) is 0. The first-order valence-electron chi connectivity index (χ1n) is 13.1. The van der Waals surface area contributed by atoms with Crippen LogP contribution >= 0.6 is 0 Å². The summed E-state index contributed by atoms with van der Waals surface area (Å²) in [5.74, 6) is 0. The van der Waals surface area contributed by atoms with Crippen LogP contribution in [0.1, 0.15) is 37.1 Å². The maximum atomic E-state index is 2.34. The number of rotatable bonds is 4. The summed E-state index contributed by atoms with van der Waals surface area (Å²) < 4.78 is 4.67. The van der Waals surface area contributed by atoms with Gasteiger partial charge < -0.3 is 0 Å². The second-order valence-corrected chi connectivity index (χ2v) is 10.2. The van der Waals surface area contributed by atoms with Gasteiger partial charge in [-0.15, -0.1) is 0 Å². The van der Waals surface area contributed by atoms with Crippen molar-refractivity contribution >= 4 is 43.1 Å². The molecule has 0 aliphatic heterocycles. The van der Waals surface area contributed by atoms with Gasteiger partial charge in [0.05, 0.1) is 0 Å². The lowest BCUT2D eigenvalue weighted by molar-refractivity contribution is -0.709. The number of nitrogens with zero attached hydrogens (tertiary/aromatic N) is 2. The molecule has 0 aliphatic rings. The minimum atomic E-state index is 0.217. The Balaban J connectivity index is 1.27. The van der Waals surface area contributed by atoms with Crippen LogP contribution in [0, 0.1) is 0 Å². The molecule has 0 unspecified atom stereocenters. The molecule has 1 aromatic heterocycles. The van der Waals surface area contributed by atoms with Crippen molar-refractivity contribution in [3.63, 3.8) is 0 Å². The van der Waals surface area contributed by atoms with Gasteiger partial charge in [0.15, 0.2) is 0 Å². The molecule has 0 fully saturated rings. The molecule has 0 saturated carbocycles. The Hall–Kier alpha value is -4.43. The van der Waals surface area contributed by atoms with Crippen molar-refractivity contribution in [1.29, 1.82) is 0 Å². The highest BCUT2D eigenvalue weighted by Gasteiger charge is 2.21. The van der Waals surface area contributed by atoms with Gasteiger partial charge in [-0.05, 0) is 81.2 Å². The SMILES string of the molecule is C[C@H](c1cccc2cc3ccccc3cc12)n1cc[n+]([C@H](C)c2cccc3cc4ccccc4cc23)c1. The third kappa shape index (κ3) is 3.68. The molecule has 0 N–H and O–H groups in total. The highest BCUT2D eigenvalue weighted by Crippen LogP contribution is 2.31. The van der Waals surface area contributed by atoms with Gasteiger partial charge in [-0.3, -0.25) is 0 Å². The average Bonchev–Trinajstić information content (AvgIpc) is 3.44. The molecular weight excluding hydrogens is 448 g/mol. The molecule has 0 bridgehead atoms. The van der Waals surface area contributed by atoms with Crippen LogP contribution < -0.4 is 4.57 Å². The minimum Gasteiger partial charge on any atom is -0.230 e. The standard InChI is InChI=1S/C35H29N2/c1-24(32-15-7-13-30-19-26-9-3-5-11-28(26)21-34(30)32)36-17-18-37(23-36)25(2)33-16-8-14-31-20-27-10-4-6-12-29(27)22-35(31)33/h3-25H,1-2H3/q+1/t24-,25-/m1/s1. The largest absolute Gasteiger partial charge is 0.244 e. The van der Waals surface area contributed by atoms with Gasteiger partial charge in [0.25, 0.3) is 0 Å². The number of fused-ring (bicyclic) bond motifs is 4. The maximum Gasteiger partial charge on any atom is 0.244 e. The fourth-order valence-electron chi connectivity index (χ4n) is 5.87. The van der Waals surface area contributed by atoms with E-state index < -0.39 is 0 Å². The summed E-state index contributed by atoms with van der Waals surface area (Å²) >= 11 is 0. The lowest BCUT2D eigenvalue weighted by atomic mass is 9.96. The monoisotopic (exact) mass is 477 g/mol. The van der Waals surface area contributed by atoms with Gasteiger partial charge in [0.1, 0.15) is 24.5 Å². The second-order valence-electron chi connectivity index (χ2n) is 10.2. The van der Waals surface area contributed by atoms with E-state index in [-0.39, 0.29) is 12.1 Å². The van der Waals surface area contributed by atoms with E-state index in [1.54, 1.807) is 0 Å². The Morgan fingerprint density at radius 2 is 1.03 bits per heavy atom. The Labute approximate surface area is 217 Å². The second kappa shape index (κ2) is 8.60. The molecule has 2 heteroatoms. The van der Waals surface area contributed by atoms with Crippen LogP contribution in [0.15, 0.2) is 128 Å². The fraction of sp³-hybridized carbons (Fsp3) is 0.114. The van der Waals surface area contributed by atoms with Gasteiger partial charge in [0, 0.05) is 11.1 Å². The van der Waals surface area contributed by atoms with E-state index in [4.69, 9.17) is 0 Å². The first-order chi connectivity index (χ1) is 18.2. The van der Waals surface area contributed by atoms with Crippen molar-refractivity contribution in [3.8, 4) is 0 Å². The summed E-state index contributed by atoms with van der Waals surface area (Å²) in [5, 5.41) is 10.4. The number of imidazole rings is 1. The Bertz CT molecular complexity index is 1790. The summed E-state index contributed by atoms with van der Waals surface area (Å²) in [4.78, 5) is 0. The lowest BCUT2D eigenvalue weighted by Gasteiger charge is -2.14. The summed E-state index contributed by atoms with van der Waals surface area (Å²) in [6.07, 6.45) is 6.68. The van der Waals surface area contributed by atoms with Crippen molar-refractivity contribution < 1.29 is 4.57 Å². The van der Waals surface area contributed by atoms with E-state index >= 15 is 0 Å². The predicted octanol–water partition coefficient (Wildman–Crippen LogP) is 8.61. The Kier molecular flexibility index (Phi) is 5.07. The fourth-order valence-corrected chi connectivity index (χ4v) is 5.87. The molecule has 7 aromatic rings. The normalized spacial score (nSPS) is 13.5. The first-order valence-corrected chi connectivity index (χ1v) is 13.1. The van der Waals surface area contributed by atoms with Crippen LogP contribution in [0.2, 0.25) is 0 Å². The van der Waals surface area contributed by atoms with Gasteiger partial charge in [0.2, 0.25) is 6.33 Å². The van der Waals surface area contributed by atoms with E-state index in [1.165, 1.54) is 54.2 Å². The molecule has 7 rings (SSSR count). The summed E-state index contributed by atoms with van der Waals surface area (Å²) in [6, 6.07) is 40.3. The predicted molar refractivity (Wildman–Crippen MR) is 155 cm³/mol. The average molecular weight is 478 g/mol. The Morgan fingerprint density at radius 3 is 1.62 bits per heavy atom. The molecule has 0 radical (unpaired) electrons. The summed E-state index contributed by atoms with van der Waals surface area (Å²) in [5.41, 5.74) is 2.69. The molecular formula is C35H29N2+. The van der Waals surface area contributed by atoms with Crippen LogP contribution in [-0.4, -0.2) is 4.57 Å². The van der Waals surface area contributed by atoms with Crippen LogP contribution in [0.25, 0.3) is 43.1 Å². The highest BCUT2D eigenvalue weighted by atomic mass is 15.1. The lowest BCUT2D eigenvalue weighted by Crippen LogP contribution is -2.36. The van der Waals surface area contributed by atoms with E-state index in [0.717, 1.165) is 0 Å². The molecule has 2 nitrogen and oxygen atoms in total. The van der Waals surface area contributed by atoms with Gasteiger partial charge in [-0.25, -0.2) is 9.13 Å². The zero-order valence-electron chi connectivity index (χ0n) is 21.2. The van der Waals surface area contributed by atoms with Crippen LogP contribution in [0.5, 0.6) is 0 Å². The third-order valence-electron chi connectivity index (χ3n) is 8.03. The Morgan fingerprint density at radius 1 is 0.541 bits per heavy atom. The van der Waals surface area contributed by atoms with Crippen molar-refractivity contribution in [2.45, 2.75) is 25.9 Å². The highest BCUT2D eigenvalue weighted by molar-refractivity contribution is 6.00. The molecule has 0 amide bonds. The van der Waals surface area contributed by atoms with Crippen LogP contribution in [0.4, 0.5) is 0 Å². The maximum absolute atomic E-state index is 2.34. The van der Waals surface area contributed by atoms with E-state index in [0.29, 0.717) is 0 Å². The number of hydrogen-bond acceptors (Lipinski definition) is 0. The topological polar surface area (TPSA) is 8.81 Å². The van der Waals surface area contributed by atoms with Crippen molar-refractivity contribution in [2.24, 2.45) is 0 Å². The van der Waals surface area contributed by atoms with Gasteiger partial charge in [-0.1, -0.05) is 84.9 Å². The molecule has 37 heavy (non-hydrogen) atoms. The van der Waals surface area contributed by atoms with Crippen molar-refractivity contribution in [3.05, 3.63) is 139 Å². The molecule has 0 spiro atoms. The van der Waals surface area contributed by atoms with Gasteiger partial charge in [-0.2, -0.15) is 0 Å².